The van der Waals surface area contributed by atoms with E-state index in [1.165, 1.54) is 0 Å². The Labute approximate surface area is 77.8 Å². The number of hydrogen-bond acceptors (Lipinski definition) is 4. The highest BCUT2D eigenvalue weighted by molar-refractivity contribution is 4.96. The molecule has 1 saturated carbocycles. The maximum atomic E-state index is 9.91. The highest BCUT2D eigenvalue weighted by Crippen LogP contribution is 2.35. The van der Waals surface area contributed by atoms with Crippen LogP contribution in [0.15, 0.2) is 0 Å². The zero-order valence-corrected chi connectivity index (χ0v) is 8.03. The van der Waals surface area contributed by atoms with Crippen LogP contribution in [-0.2, 0) is 14.2 Å². The van der Waals surface area contributed by atoms with Crippen molar-refractivity contribution in [2.75, 3.05) is 13.9 Å². The molecule has 0 amide bonds. The van der Waals surface area contributed by atoms with Crippen LogP contribution in [0.3, 0.4) is 0 Å². The SMILES string of the molecule is COC1C[C@@](C)(O)CC2OCOC12. The minimum Gasteiger partial charge on any atom is -0.390 e. The summed E-state index contributed by atoms with van der Waals surface area (Å²) in [7, 11) is 1.64. The summed E-state index contributed by atoms with van der Waals surface area (Å²) in [6, 6.07) is 0. The maximum Gasteiger partial charge on any atom is 0.147 e. The van der Waals surface area contributed by atoms with Crippen LogP contribution in [0, 0.1) is 0 Å². The lowest BCUT2D eigenvalue weighted by Gasteiger charge is -2.39. The minimum absolute atomic E-state index is 0.00484. The fraction of sp³-hybridized carbons (Fsp3) is 1.00. The molecule has 0 aromatic carbocycles. The van der Waals surface area contributed by atoms with Crippen molar-refractivity contribution in [3.8, 4) is 0 Å². The van der Waals surface area contributed by atoms with Crippen molar-refractivity contribution < 1.29 is 19.3 Å². The van der Waals surface area contributed by atoms with Gasteiger partial charge in [-0.25, -0.2) is 0 Å². The van der Waals surface area contributed by atoms with Crippen molar-refractivity contribution in [2.45, 2.75) is 43.7 Å². The molecule has 4 heteroatoms. The Bertz CT molecular complexity index is 192. The molecule has 2 aliphatic rings. The van der Waals surface area contributed by atoms with Crippen LogP contribution in [-0.4, -0.2) is 42.9 Å². The third kappa shape index (κ3) is 1.72. The number of rotatable bonds is 1. The van der Waals surface area contributed by atoms with E-state index >= 15 is 0 Å². The third-order valence-electron chi connectivity index (χ3n) is 2.86. The van der Waals surface area contributed by atoms with Crippen molar-refractivity contribution >= 4 is 0 Å². The van der Waals surface area contributed by atoms with Gasteiger partial charge in [0.2, 0.25) is 0 Å². The molecule has 4 atom stereocenters. The van der Waals surface area contributed by atoms with E-state index in [1.807, 2.05) is 6.92 Å². The summed E-state index contributed by atoms with van der Waals surface area (Å²) in [5.41, 5.74) is -0.685. The third-order valence-corrected chi connectivity index (χ3v) is 2.86. The molecule has 1 saturated heterocycles. The van der Waals surface area contributed by atoms with Crippen LogP contribution in [0.5, 0.6) is 0 Å². The summed E-state index contributed by atoms with van der Waals surface area (Å²) in [5.74, 6) is 0. The molecule has 2 fully saturated rings. The van der Waals surface area contributed by atoms with Gasteiger partial charge in [-0.3, -0.25) is 0 Å². The molecule has 0 radical (unpaired) electrons. The van der Waals surface area contributed by atoms with Gasteiger partial charge < -0.3 is 19.3 Å². The minimum atomic E-state index is -0.685. The van der Waals surface area contributed by atoms with Gasteiger partial charge in [-0.15, -0.1) is 0 Å². The number of hydrogen-bond donors (Lipinski definition) is 1. The van der Waals surface area contributed by atoms with Gasteiger partial charge in [0.05, 0.1) is 17.8 Å². The quantitative estimate of drug-likeness (QED) is 0.642. The van der Waals surface area contributed by atoms with E-state index in [1.54, 1.807) is 7.11 Å². The van der Waals surface area contributed by atoms with E-state index in [2.05, 4.69) is 0 Å². The highest BCUT2D eigenvalue weighted by Gasteiger charge is 2.47. The van der Waals surface area contributed by atoms with Crippen LogP contribution in [0.25, 0.3) is 0 Å². The smallest absolute Gasteiger partial charge is 0.147 e. The summed E-state index contributed by atoms with van der Waals surface area (Å²) < 4.78 is 16.0. The molecular formula is C9H16O4. The Hall–Kier alpha value is -0.160. The van der Waals surface area contributed by atoms with Gasteiger partial charge in [0.25, 0.3) is 0 Å². The first kappa shape index (κ1) is 9.40. The molecule has 0 aromatic rings. The standard InChI is InChI=1S/C9H16O4/c1-9(10)3-6(11-2)8-7(4-9)12-5-13-8/h6-8,10H,3-5H2,1-2H3/t6?,7?,8?,9-/m1/s1. The van der Waals surface area contributed by atoms with E-state index < -0.39 is 5.60 Å². The molecule has 1 N–H and O–H groups in total. The van der Waals surface area contributed by atoms with Gasteiger partial charge in [0.1, 0.15) is 12.9 Å². The predicted octanol–water partition coefficient (Wildman–Crippen LogP) is 0.288. The van der Waals surface area contributed by atoms with Crippen molar-refractivity contribution in [1.82, 2.24) is 0 Å². The second-order valence-corrected chi connectivity index (χ2v) is 4.13. The van der Waals surface area contributed by atoms with E-state index in [4.69, 9.17) is 14.2 Å². The van der Waals surface area contributed by atoms with Gasteiger partial charge in [-0.1, -0.05) is 0 Å². The van der Waals surface area contributed by atoms with E-state index in [-0.39, 0.29) is 18.3 Å². The van der Waals surface area contributed by atoms with Gasteiger partial charge in [-0.05, 0) is 6.92 Å². The van der Waals surface area contributed by atoms with Gasteiger partial charge in [0.15, 0.2) is 0 Å². The second kappa shape index (κ2) is 3.20. The van der Waals surface area contributed by atoms with Gasteiger partial charge in [-0.2, -0.15) is 0 Å². The average molecular weight is 188 g/mol. The number of methoxy groups -OCH3 is 1. The molecule has 0 aromatic heterocycles. The van der Waals surface area contributed by atoms with E-state index in [0.29, 0.717) is 19.6 Å². The molecule has 2 rings (SSSR count). The summed E-state index contributed by atoms with van der Waals surface area (Å²) in [5, 5.41) is 9.91. The largest absolute Gasteiger partial charge is 0.390 e. The molecule has 76 valence electrons. The summed E-state index contributed by atoms with van der Waals surface area (Å²) in [6.07, 6.45) is 1.21. The Morgan fingerprint density at radius 2 is 2.15 bits per heavy atom. The lowest BCUT2D eigenvalue weighted by atomic mass is 9.81. The van der Waals surface area contributed by atoms with Crippen LogP contribution >= 0.6 is 0 Å². The Morgan fingerprint density at radius 1 is 1.38 bits per heavy atom. The van der Waals surface area contributed by atoms with E-state index in [0.717, 1.165) is 0 Å². The molecule has 1 aliphatic heterocycles. The molecule has 4 nitrogen and oxygen atoms in total. The topological polar surface area (TPSA) is 47.9 Å². The zero-order chi connectivity index (χ0) is 9.47. The molecular weight excluding hydrogens is 172 g/mol. The summed E-state index contributed by atoms with van der Waals surface area (Å²) in [6.45, 7) is 2.14. The zero-order valence-electron chi connectivity index (χ0n) is 8.03. The van der Waals surface area contributed by atoms with E-state index in [9.17, 15) is 5.11 Å². The molecule has 0 bridgehead atoms. The summed E-state index contributed by atoms with van der Waals surface area (Å²) >= 11 is 0. The molecule has 0 spiro atoms. The van der Waals surface area contributed by atoms with Crippen LogP contribution < -0.4 is 0 Å². The van der Waals surface area contributed by atoms with Crippen LogP contribution in [0.2, 0.25) is 0 Å². The fourth-order valence-electron chi connectivity index (χ4n) is 2.21. The number of aliphatic hydroxyl groups is 1. The first-order valence-corrected chi connectivity index (χ1v) is 4.61. The molecule has 1 heterocycles. The van der Waals surface area contributed by atoms with Crippen molar-refractivity contribution in [3.63, 3.8) is 0 Å². The Kier molecular flexibility index (Phi) is 2.32. The lowest BCUT2D eigenvalue weighted by Crippen LogP contribution is -2.50. The normalized spacial score (nSPS) is 50.5. The van der Waals surface area contributed by atoms with Crippen molar-refractivity contribution in [3.05, 3.63) is 0 Å². The number of ether oxygens (including phenoxy) is 3. The van der Waals surface area contributed by atoms with Crippen LogP contribution in [0.4, 0.5) is 0 Å². The van der Waals surface area contributed by atoms with Crippen molar-refractivity contribution in [2.24, 2.45) is 0 Å². The van der Waals surface area contributed by atoms with Crippen LogP contribution in [0.1, 0.15) is 19.8 Å². The monoisotopic (exact) mass is 188 g/mol. The first-order chi connectivity index (χ1) is 6.12. The van der Waals surface area contributed by atoms with Crippen molar-refractivity contribution in [1.29, 1.82) is 0 Å². The highest BCUT2D eigenvalue weighted by atomic mass is 16.7. The first-order valence-electron chi connectivity index (χ1n) is 4.61. The molecule has 13 heavy (non-hydrogen) atoms. The molecule has 3 unspecified atom stereocenters. The Morgan fingerprint density at radius 3 is 2.85 bits per heavy atom. The lowest BCUT2D eigenvalue weighted by molar-refractivity contribution is -0.117. The maximum absolute atomic E-state index is 9.91. The summed E-state index contributed by atoms with van der Waals surface area (Å²) in [4.78, 5) is 0. The second-order valence-electron chi connectivity index (χ2n) is 4.13. The van der Waals surface area contributed by atoms with Gasteiger partial charge in [0, 0.05) is 20.0 Å². The number of fused-ring (bicyclic) bond motifs is 1. The predicted molar refractivity (Wildman–Crippen MR) is 45.3 cm³/mol. The van der Waals surface area contributed by atoms with Gasteiger partial charge >= 0.3 is 0 Å². The molecule has 1 aliphatic carbocycles. The average Bonchev–Trinajstić information content (AvgIpc) is 2.48. The Balaban J connectivity index is 2.10. The fourth-order valence-corrected chi connectivity index (χ4v) is 2.21.